The molecule has 0 unspecified atom stereocenters. The third kappa shape index (κ3) is 4.03. The number of rotatable bonds is 5. The fourth-order valence-electron chi connectivity index (χ4n) is 5.24. The van der Waals surface area contributed by atoms with E-state index in [4.69, 9.17) is 0 Å². The monoisotopic (exact) mass is 455 g/mol. The van der Waals surface area contributed by atoms with Gasteiger partial charge >= 0.3 is 5.97 Å². The second-order valence-corrected chi connectivity index (χ2v) is 9.83. The summed E-state index contributed by atoms with van der Waals surface area (Å²) in [4.78, 5) is 30.8. The first kappa shape index (κ1) is 21.1. The van der Waals surface area contributed by atoms with Crippen LogP contribution in [0.1, 0.15) is 48.9 Å². The number of carbonyl (C=O) groups is 2. The number of thiophene rings is 1. The van der Waals surface area contributed by atoms with Gasteiger partial charge in [-0.15, -0.1) is 11.3 Å². The molecule has 0 atom stereocenters. The first-order valence-corrected chi connectivity index (χ1v) is 12.1. The molecule has 1 fully saturated rings. The second-order valence-electron chi connectivity index (χ2n) is 8.97. The Bertz CT molecular complexity index is 1160. The van der Waals surface area contributed by atoms with E-state index in [9.17, 15) is 19.1 Å². The Hall–Kier alpha value is -2.74. The van der Waals surface area contributed by atoms with E-state index in [1.54, 1.807) is 12.3 Å². The van der Waals surface area contributed by atoms with Crippen LogP contribution >= 0.6 is 11.3 Å². The van der Waals surface area contributed by atoms with Crippen molar-refractivity contribution >= 4 is 34.2 Å². The highest BCUT2D eigenvalue weighted by molar-refractivity contribution is 7.08. The highest BCUT2D eigenvalue weighted by Gasteiger charge is 2.31. The predicted octanol–water partition coefficient (Wildman–Crippen LogP) is 4.45. The Labute approximate surface area is 189 Å². The minimum atomic E-state index is -0.717. The third-order valence-corrected chi connectivity index (χ3v) is 7.75. The summed E-state index contributed by atoms with van der Waals surface area (Å²) >= 11 is 1.09. The molecule has 3 aromatic rings. The molecule has 3 aromatic heterocycles. The van der Waals surface area contributed by atoms with Gasteiger partial charge in [-0.1, -0.05) is 0 Å². The van der Waals surface area contributed by atoms with Gasteiger partial charge in [-0.3, -0.25) is 9.59 Å². The lowest BCUT2D eigenvalue weighted by Crippen LogP contribution is -2.38. The van der Waals surface area contributed by atoms with Gasteiger partial charge in [-0.05, 0) is 72.7 Å². The van der Waals surface area contributed by atoms with Gasteiger partial charge in [0.15, 0.2) is 5.13 Å². The molecule has 168 valence electrons. The summed E-state index contributed by atoms with van der Waals surface area (Å²) in [5.41, 5.74) is 4.09. The van der Waals surface area contributed by atoms with Crippen LogP contribution in [0.25, 0.3) is 11.0 Å². The number of carboxylic acid groups (broad SMARTS) is 1. The Morgan fingerprint density at radius 1 is 1.25 bits per heavy atom. The molecule has 8 heteroatoms. The first-order chi connectivity index (χ1) is 15.5. The number of pyridine rings is 1. The standard InChI is InChI=1S/C24H26FN3O3S/c25-21-10-16(14-32-21)12-28-20-13-27(9-7-18(20)19-2-1-8-26-23(19)28)22(29)11-15-3-5-17(6-4-15)24(30)31/h1-2,8,10,14-15,17H,3-7,9,11-13H2,(H,30,31)/t15-,17-. The number of amides is 1. The van der Waals surface area contributed by atoms with Crippen LogP contribution < -0.4 is 0 Å². The van der Waals surface area contributed by atoms with Crippen molar-refractivity contribution in [3.8, 4) is 0 Å². The molecule has 4 heterocycles. The summed E-state index contributed by atoms with van der Waals surface area (Å²) in [6.45, 7) is 1.74. The van der Waals surface area contributed by atoms with Crippen molar-refractivity contribution in [2.75, 3.05) is 6.54 Å². The molecule has 2 aliphatic rings. The largest absolute Gasteiger partial charge is 0.481 e. The van der Waals surface area contributed by atoms with Crippen LogP contribution in [-0.2, 0) is 29.1 Å². The van der Waals surface area contributed by atoms with Crippen LogP contribution in [0.15, 0.2) is 29.8 Å². The van der Waals surface area contributed by atoms with E-state index in [1.807, 2.05) is 16.3 Å². The predicted molar refractivity (Wildman–Crippen MR) is 120 cm³/mol. The van der Waals surface area contributed by atoms with Crippen LogP contribution in [0, 0.1) is 17.0 Å². The van der Waals surface area contributed by atoms with Crippen molar-refractivity contribution < 1.29 is 19.1 Å². The summed E-state index contributed by atoms with van der Waals surface area (Å²) in [7, 11) is 0. The zero-order chi connectivity index (χ0) is 22.2. The number of hydrogen-bond acceptors (Lipinski definition) is 4. The van der Waals surface area contributed by atoms with Gasteiger partial charge in [0.05, 0.1) is 19.0 Å². The van der Waals surface area contributed by atoms with Crippen LogP contribution in [-0.4, -0.2) is 38.0 Å². The zero-order valence-electron chi connectivity index (χ0n) is 17.8. The average Bonchev–Trinajstić information content (AvgIpc) is 3.35. The van der Waals surface area contributed by atoms with Crippen LogP contribution in [0.4, 0.5) is 4.39 Å². The lowest BCUT2D eigenvalue weighted by atomic mass is 9.80. The molecule has 0 saturated heterocycles. The number of aliphatic carboxylic acids is 1. The first-order valence-electron chi connectivity index (χ1n) is 11.2. The molecule has 0 spiro atoms. The van der Waals surface area contributed by atoms with Gasteiger partial charge in [-0.25, -0.2) is 4.98 Å². The van der Waals surface area contributed by atoms with Crippen molar-refractivity contribution in [3.05, 3.63) is 51.7 Å². The summed E-state index contributed by atoms with van der Waals surface area (Å²) in [5.74, 6) is -0.573. The fraction of sp³-hybridized carbons (Fsp3) is 0.458. The minimum Gasteiger partial charge on any atom is -0.481 e. The van der Waals surface area contributed by atoms with Gasteiger partial charge in [0.25, 0.3) is 0 Å². The maximum Gasteiger partial charge on any atom is 0.306 e. The van der Waals surface area contributed by atoms with Crippen molar-refractivity contribution in [1.82, 2.24) is 14.5 Å². The van der Waals surface area contributed by atoms with Gasteiger partial charge in [0.2, 0.25) is 5.91 Å². The Morgan fingerprint density at radius 2 is 2.06 bits per heavy atom. The topological polar surface area (TPSA) is 75.4 Å². The van der Waals surface area contributed by atoms with E-state index in [2.05, 4.69) is 15.6 Å². The SMILES string of the molecule is O=C(C[C@H]1CC[C@H](C(=O)O)CC1)N1CCc2c(n(Cc3csc(F)c3)c3ncccc23)C1. The Morgan fingerprint density at radius 3 is 2.78 bits per heavy atom. The molecule has 6 nitrogen and oxygen atoms in total. The molecule has 0 aromatic carbocycles. The molecule has 0 radical (unpaired) electrons. The van der Waals surface area contributed by atoms with Crippen molar-refractivity contribution in [3.63, 3.8) is 0 Å². The molecule has 5 rings (SSSR count). The number of carbonyl (C=O) groups excluding carboxylic acids is 1. The van der Waals surface area contributed by atoms with Gasteiger partial charge in [-0.2, -0.15) is 4.39 Å². The molecule has 1 aliphatic heterocycles. The maximum absolute atomic E-state index is 13.6. The van der Waals surface area contributed by atoms with Gasteiger partial charge in [0, 0.05) is 30.2 Å². The highest BCUT2D eigenvalue weighted by Crippen LogP contribution is 2.34. The zero-order valence-corrected chi connectivity index (χ0v) is 18.6. The molecule has 1 N–H and O–H groups in total. The lowest BCUT2D eigenvalue weighted by Gasteiger charge is -2.31. The summed E-state index contributed by atoms with van der Waals surface area (Å²) < 4.78 is 15.7. The van der Waals surface area contributed by atoms with E-state index < -0.39 is 5.97 Å². The smallest absolute Gasteiger partial charge is 0.306 e. The van der Waals surface area contributed by atoms with Crippen LogP contribution in [0.5, 0.6) is 0 Å². The Balaban J connectivity index is 1.34. The highest BCUT2D eigenvalue weighted by atomic mass is 32.1. The molecule has 1 amide bonds. The molecular formula is C24H26FN3O3S. The van der Waals surface area contributed by atoms with Crippen molar-refractivity contribution in [1.29, 1.82) is 0 Å². The van der Waals surface area contributed by atoms with E-state index in [-0.39, 0.29) is 22.9 Å². The average molecular weight is 456 g/mol. The molecule has 32 heavy (non-hydrogen) atoms. The van der Waals surface area contributed by atoms with E-state index in [1.165, 1.54) is 5.56 Å². The molecule has 1 saturated carbocycles. The maximum atomic E-state index is 13.6. The normalized spacial score (nSPS) is 21.0. The van der Waals surface area contributed by atoms with Crippen molar-refractivity contribution in [2.24, 2.45) is 11.8 Å². The number of nitrogens with zero attached hydrogens (tertiary/aromatic N) is 3. The van der Waals surface area contributed by atoms with E-state index in [0.29, 0.717) is 38.9 Å². The second kappa shape index (κ2) is 8.65. The third-order valence-electron chi connectivity index (χ3n) is 6.99. The summed E-state index contributed by atoms with van der Waals surface area (Å²) in [5, 5.41) is 11.9. The molecule has 1 aliphatic carbocycles. The Kier molecular flexibility index (Phi) is 5.71. The van der Waals surface area contributed by atoms with Gasteiger partial charge in [0.1, 0.15) is 5.65 Å². The number of hydrogen-bond donors (Lipinski definition) is 1. The fourth-order valence-corrected chi connectivity index (χ4v) is 5.87. The summed E-state index contributed by atoms with van der Waals surface area (Å²) in [6, 6.07) is 5.57. The number of aromatic nitrogens is 2. The van der Waals surface area contributed by atoms with Crippen LogP contribution in [0.2, 0.25) is 0 Å². The van der Waals surface area contributed by atoms with E-state index in [0.717, 1.165) is 52.9 Å². The molecular weight excluding hydrogens is 429 g/mol. The summed E-state index contributed by atoms with van der Waals surface area (Å²) in [6.07, 6.45) is 5.96. The lowest BCUT2D eigenvalue weighted by molar-refractivity contribution is -0.143. The molecule has 0 bridgehead atoms. The number of fused-ring (bicyclic) bond motifs is 3. The van der Waals surface area contributed by atoms with Gasteiger partial charge < -0.3 is 14.6 Å². The van der Waals surface area contributed by atoms with Crippen molar-refractivity contribution in [2.45, 2.75) is 51.6 Å². The number of halogens is 1. The minimum absolute atomic E-state index is 0.140. The quantitative estimate of drug-likeness (QED) is 0.617. The van der Waals surface area contributed by atoms with E-state index >= 15 is 0 Å². The number of carboxylic acids is 1. The van der Waals surface area contributed by atoms with Crippen LogP contribution in [0.3, 0.4) is 0 Å².